The Morgan fingerprint density at radius 3 is 1.18 bits per heavy atom. The van der Waals surface area contributed by atoms with Crippen LogP contribution in [0, 0.1) is 0 Å². The molecule has 60 heavy (non-hydrogen) atoms. The van der Waals surface area contributed by atoms with Gasteiger partial charge < -0.3 is 20.1 Å². The second-order valence-corrected chi connectivity index (χ2v) is 15.2. The van der Waals surface area contributed by atoms with Crippen LogP contribution in [0.15, 0.2) is 213 Å². The standard InChI is InChI=1S/2C28H22O2/c1-2-19-30-23-17-13-21(14-18-23)28(20-11-15-22(29)16-12-20)26-9-5-3-7-24(26)25-8-4-6-10-27(25)28;1-2-7-19-18-21(14-17-27(19)30)28(20-12-15-22(29)16-13-20)25-10-5-3-8-23(25)24-9-4-6-11-26(24)28/h2-18,29H,1,19H2;2-6,8-18,29-30H,1,7H2. The smallest absolute Gasteiger partial charge is 0.119 e. The lowest BCUT2D eigenvalue weighted by Crippen LogP contribution is -2.28. The molecule has 0 heterocycles. The molecule has 0 atom stereocenters. The summed E-state index contributed by atoms with van der Waals surface area (Å²) in [4.78, 5) is 0. The van der Waals surface area contributed by atoms with E-state index >= 15 is 0 Å². The average Bonchev–Trinajstić information content (AvgIpc) is 3.76. The van der Waals surface area contributed by atoms with Crippen LogP contribution in [0.4, 0.5) is 0 Å². The third kappa shape index (κ3) is 6.08. The summed E-state index contributed by atoms with van der Waals surface area (Å²) in [7, 11) is 0. The second-order valence-electron chi connectivity index (χ2n) is 15.2. The highest BCUT2D eigenvalue weighted by Crippen LogP contribution is 2.58. The molecule has 0 fully saturated rings. The molecule has 10 rings (SSSR count). The van der Waals surface area contributed by atoms with E-state index < -0.39 is 10.8 Å². The highest BCUT2D eigenvalue weighted by molar-refractivity contribution is 5.87. The van der Waals surface area contributed by atoms with E-state index in [0.717, 1.165) is 33.6 Å². The number of aromatic hydroxyl groups is 3. The van der Waals surface area contributed by atoms with Gasteiger partial charge in [-0.05, 0) is 121 Å². The van der Waals surface area contributed by atoms with Crippen LogP contribution in [0.2, 0.25) is 0 Å². The number of fused-ring (bicyclic) bond motifs is 6. The minimum absolute atomic E-state index is 0.242. The number of phenols is 3. The Bertz CT molecular complexity index is 2760. The largest absolute Gasteiger partial charge is 0.508 e. The lowest BCUT2D eigenvalue weighted by molar-refractivity contribution is 0.363. The van der Waals surface area contributed by atoms with E-state index in [1.165, 1.54) is 44.5 Å². The SMILES string of the molecule is C=CCOc1ccc(C2(c3ccc(O)cc3)c3ccccc3-c3ccccc32)cc1.C=CCc1cc(C2(c3ccc(O)cc3)c3ccccc3-c3ccccc32)ccc1O. The van der Waals surface area contributed by atoms with Gasteiger partial charge in [-0.1, -0.05) is 164 Å². The first kappa shape index (κ1) is 38.0. The Labute approximate surface area is 351 Å². The van der Waals surface area contributed by atoms with E-state index in [2.05, 4.69) is 128 Å². The first-order valence-corrected chi connectivity index (χ1v) is 20.2. The van der Waals surface area contributed by atoms with E-state index in [4.69, 9.17) is 4.74 Å². The van der Waals surface area contributed by atoms with Crippen LogP contribution in [0.3, 0.4) is 0 Å². The summed E-state index contributed by atoms with van der Waals surface area (Å²) in [5, 5.41) is 30.3. The van der Waals surface area contributed by atoms with Gasteiger partial charge in [0, 0.05) is 0 Å². The van der Waals surface area contributed by atoms with Crippen molar-refractivity contribution in [2.24, 2.45) is 0 Å². The Morgan fingerprint density at radius 2 is 0.783 bits per heavy atom. The molecule has 8 aromatic carbocycles. The van der Waals surface area contributed by atoms with Gasteiger partial charge in [-0.25, -0.2) is 0 Å². The van der Waals surface area contributed by atoms with E-state index in [1.54, 1.807) is 36.4 Å². The van der Waals surface area contributed by atoms with Gasteiger partial charge in [-0.15, -0.1) is 6.58 Å². The number of hydrogen-bond acceptors (Lipinski definition) is 4. The molecule has 0 saturated heterocycles. The summed E-state index contributed by atoms with van der Waals surface area (Å²) in [6, 6.07) is 63.4. The Kier molecular flexibility index (Phi) is 9.91. The number of ether oxygens (including phenoxy) is 1. The van der Waals surface area contributed by atoms with Crippen molar-refractivity contribution in [3.63, 3.8) is 0 Å². The van der Waals surface area contributed by atoms with Crippen molar-refractivity contribution in [1.29, 1.82) is 0 Å². The number of allylic oxidation sites excluding steroid dienone is 1. The summed E-state index contributed by atoms with van der Waals surface area (Å²) in [5.41, 5.74) is 14.1. The molecule has 0 saturated carbocycles. The van der Waals surface area contributed by atoms with Crippen molar-refractivity contribution in [3.8, 4) is 45.3 Å². The molecular weight excluding hydrogens is 737 g/mol. The van der Waals surface area contributed by atoms with Crippen LogP contribution in [-0.2, 0) is 17.3 Å². The van der Waals surface area contributed by atoms with Crippen molar-refractivity contribution in [3.05, 3.63) is 263 Å². The van der Waals surface area contributed by atoms with Crippen LogP contribution in [-0.4, -0.2) is 21.9 Å². The molecule has 4 nitrogen and oxygen atoms in total. The summed E-state index contributed by atoms with van der Waals surface area (Å²) in [6.45, 7) is 8.04. The Morgan fingerprint density at radius 1 is 0.417 bits per heavy atom. The van der Waals surface area contributed by atoms with Gasteiger partial charge in [0.25, 0.3) is 0 Å². The van der Waals surface area contributed by atoms with Crippen LogP contribution in [0.5, 0.6) is 23.0 Å². The van der Waals surface area contributed by atoms with Crippen molar-refractivity contribution >= 4 is 0 Å². The molecule has 292 valence electrons. The van der Waals surface area contributed by atoms with Crippen molar-refractivity contribution in [2.45, 2.75) is 17.3 Å². The monoisotopic (exact) mass is 780 g/mol. The predicted molar refractivity (Wildman–Crippen MR) is 242 cm³/mol. The van der Waals surface area contributed by atoms with Crippen LogP contribution < -0.4 is 4.74 Å². The fourth-order valence-corrected chi connectivity index (χ4v) is 9.56. The first-order chi connectivity index (χ1) is 29.4. The van der Waals surface area contributed by atoms with Crippen LogP contribution in [0.1, 0.15) is 50.1 Å². The minimum atomic E-state index is -0.537. The highest BCUT2D eigenvalue weighted by atomic mass is 16.5. The van der Waals surface area contributed by atoms with Gasteiger partial charge in [-0.2, -0.15) is 0 Å². The van der Waals surface area contributed by atoms with Gasteiger partial charge in [0.1, 0.15) is 29.6 Å². The third-order valence-electron chi connectivity index (χ3n) is 12.0. The normalized spacial score (nSPS) is 13.4. The molecule has 3 N–H and O–H groups in total. The van der Waals surface area contributed by atoms with Crippen LogP contribution in [0.25, 0.3) is 22.3 Å². The number of rotatable bonds is 9. The fourth-order valence-electron chi connectivity index (χ4n) is 9.56. The zero-order valence-corrected chi connectivity index (χ0v) is 33.1. The van der Waals surface area contributed by atoms with E-state index in [1.807, 2.05) is 48.5 Å². The van der Waals surface area contributed by atoms with Gasteiger partial charge in [0.05, 0.1) is 10.8 Å². The van der Waals surface area contributed by atoms with Crippen molar-refractivity contribution in [1.82, 2.24) is 0 Å². The zero-order valence-electron chi connectivity index (χ0n) is 33.1. The minimum Gasteiger partial charge on any atom is -0.508 e. The summed E-state index contributed by atoms with van der Waals surface area (Å²) in [5.74, 6) is 1.60. The first-order valence-electron chi connectivity index (χ1n) is 20.2. The molecule has 8 aromatic rings. The quantitative estimate of drug-likeness (QED) is 0.128. The number of benzene rings is 8. The Balaban J connectivity index is 0.000000154. The number of hydrogen-bond donors (Lipinski definition) is 3. The van der Waals surface area contributed by atoms with E-state index in [-0.39, 0.29) is 17.2 Å². The molecule has 0 unspecified atom stereocenters. The van der Waals surface area contributed by atoms with Gasteiger partial charge in [0.2, 0.25) is 0 Å². The number of phenolic OH excluding ortho intramolecular Hbond substituents is 3. The molecule has 2 aliphatic carbocycles. The molecule has 2 aliphatic rings. The fraction of sp³-hybridized carbons (Fsp3) is 0.0714. The molecule has 0 bridgehead atoms. The summed E-state index contributed by atoms with van der Waals surface area (Å²) in [6.07, 6.45) is 4.15. The topological polar surface area (TPSA) is 69.9 Å². The summed E-state index contributed by atoms with van der Waals surface area (Å²) >= 11 is 0. The van der Waals surface area contributed by atoms with Crippen molar-refractivity contribution < 1.29 is 20.1 Å². The molecule has 0 radical (unpaired) electrons. The van der Waals surface area contributed by atoms with E-state index in [0.29, 0.717) is 13.0 Å². The van der Waals surface area contributed by atoms with Gasteiger partial charge >= 0.3 is 0 Å². The third-order valence-corrected chi connectivity index (χ3v) is 12.0. The Hall–Kier alpha value is -7.56. The maximum atomic E-state index is 10.4. The molecule has 4 heteroatoms. The van der Waals surface area contributed by atoms with Gasteiger partial charge in [-0.3, -0.25) is 0 Å². The molecule has 0 aromatic heterocycles. The average molecular weight is 781 g/mol. The zero-order chi connectivity index (χ0) is 41.3. The second kappa shape index (κ2) is 15.7. The lowest BCUT2D eigenvalue weighted by Gasteiger charge is -2.34. The van der Waals surface area contributed by atoms with Crippen LogP contribution >= 0.6 is 0 Å². The van der Waals surface area contributed by atoms with E-state index in [9.17, 15) is 15.3 Å². The lowest BCUT2D eigenvalue weighted by atomic mass is 9.67. The van der Waals surface area contributed by atoms with Gasteiger partial charge in [0.15, 0.2) is 0 Å². The maximum absolute atomic E-state index is 10.4. The maximum Gasteiger partial charge on any atom is 0.119 e. The summed E-state index contributed by atoms with van der Waals surface area (Å²) < 4.78 is 5.71. The molecule has 0 aliphatic heterocycles. The van der Waals surface area contributed by atoms with Crippen molar-refractivity contribution in [2.75, 3.05) is 6.61 Å². The molecule has 0 spiro atoms. The molecule has 0 amide bonds. The highest BCUT2D eigenvalue weighted by Gasteiger charge is 2.47. The molecular formula is C56H44O4. The predicted octanol–water partition coefficient (Wildman–Crippen LogP) is 12.5.